The standard InChI is InChI=1S/C67H48N2/c1-65(2)53-25-11-5-19-45(53)49-35-33-42(39-58(49)65)68(43-34-36-50-46-20-6-12-26-54(46)66(3,4)59(50)40-43)61-30-15-9-18-44(61)41-32-37-63-60(38-41)67(55-27-13-7-21-47(55)48-22-8-14-28-56(48)67)57-29-17-24-52-51-23-10-16-31-62(51)69(63)64(52)57/h5-40H,1-4H3. The minimum atomic E-state index is -0.543. The summed E-state index contributed by atoms with van der Waals surface area (Å²) in [6, 6.07) is 83.1. The molecule has 0 saturated carbocycles. The lowest BCUT2D eigenvalue weighted by molar-refractivity contribution is 0.660. The lowest BCUT2D eigenvalue weighted by Crippen LogP contribution is -2.33. The van der Waals surface area contributed by atoms with Crippen molar-refractivity contribution in [2.24, 2.45) is 0 Å². The zero-order valence-electron chi connectivity index (χ0n) is 39.2. The van der Waals surface area contributed by atoms with Gasteiger partial charge in [-0.15, -0.1) is 0 Å². The van der Waals surface area contributed by atoms with Crippen LogP contribution < -0.4 is 4.90 Å². The summed E-state index contributed by atoms with van der Waals surface area (Å²) in [7, 11) is 0. The Hall–Kier alpha value is -8.20. The largest absolute Gasteiger partial charge is 0.310 e. The van der Waals surface area contributed by atoms with Crippen LogP contribution >= 0.6 is 0 Å². The smallest absolute Gasteiger partial charge is 0.0754 e. The fourth-order valence-corrected chi connectivity index (χ4v) is 13.7. The van der Waals surface area contributed by atoms with Gasteiger partial charge in [-0.3, -0.25) is 0 Å². The molecule has 2 heteroatoms. The molecule has 1 aliphatic heterocycles. The van der Waals surface area contributed by atoms with Crippen LogP contribution in [0.3, 0.4) is 0 Å². The second kappa shape index (κ2) is 13.5. The van der Waals surface area contributed by atoms with Crippen molar-refractivity contribution in [1.82, 2.24) is 4.57 Å². The van der Waals surface area contributed by atoms with Crippen LogP contribution in [-0.2, 0) is 16.2 Å². The van der Waals surface area contributed by atoms with E-state index >= 15 is 0 Å². The molecule has 11 aromatic rings. The first kappa shape index (κ1) is 38.9. The Morgan fingerprint density at radius 3 is 1.41 bits per heavy atom. The second-order valence-electron chi connectivity index (χ2n) is 20.8. The molecule has 0 saturated heterocycles. The van der Waals surface area contributed by atoms with E-state index in [9.17, 15) is 0 Å². The predicted octanol–water partition coefficient (Wildman–Crippen LogP) is 17.2. The summed E-state index contributed by atoms with van der Waals surface area (Å²) >= 11 is 0. The highest BCUT2D eigenvalue weighted by atomic mass is 15.1. The van der Waals surface area contributed by atoms with E-state index in [2.05, 4.69) is 256 Å². The van der Waals surface area contributed by atoms with Gasteiger partial charge in [-0.2, -0.15) is 0 Å². The molecule has 4 aliphatic rings. The fourth-order valence-electron chi connectivity index (χ4n) is 13.7. The number of hydrogen-bond donors (Lipinski definition) is 0. The van der Waals surface area contributed by atoms with Gasteiger partial charge in [0.25, 0.3) is 0 Å². The molecule has 15 rings (SSSR count). The van der Waals surface area contributed by atoms with Crippen LogP contribution in [-0.4, -0.2) is 4.57 Å². The van der Waals surface area contributed by atoms with E-state index in [4.69, 9.17) is 0 Å². The van der Waals surface area contributed by atoms with Gasteiger partial charge < -0.3 is 9.47 Å². The normalized spacial score (nSPS) is 15.3. The fraction of sp³-hybridized carbons (Fsp3) is 0.104. The number of nitrogens with zero attached hydrogens (tertiary/aromatic N) is 2. The quantitative estimate of drug-likeness (QED) is 0.171. The first-order valence-electron chi connectivity index (χ1n) is 24.5. The minimum absolute atomic E-state index is 0.153. The molecule has 1 spiro atoms. The molecule has 2 nitrogen and oxygen atoms in total. The summed E-state index contributed by atoms with van der Waals surface area (Å²) in [5.74, 6) is 0. The molecule has 326 valence electrons. The lowest BCUT2D eigenvalue weighted by atomic mass is 9.65. The highest BCUT2D eigenvalue weighted by molar-refractivity contribution is 6.13. The summed E-state index contributed by atoms with van der Waals surface area (Å²) in [4.78, 5) is 2.54. The van der Waals surface area contributed by atoms with Crippen molar-refractivity contribution < 1.29 is 0 Å². The van der Waals surface area contributed by atoms with E-state index in [1.807, 2.05) is 0 Å². The van der Waals surface area contributed by atoms with Crippen molar-refractivity contribution in [3.8, 4) is 50.2 Å². The Balaban J connectivity index is 1.00. The summed E-state index contributed by atoms with van der Waals surface area (Å²) < 4.78 is 2.56. The van der Waals surface area contributed by atoms with Crippen LogP contribution in [0, 0.1) is 0 Å². The van der Waals surface area contributed by atoms with Crippen molar-refractivity contribution in [3.63, 3.8) is 0 Å². The van der Waals surface area contributed by atoms with Gasteiger partial charge in [0.15, 0.2) is 0 Å². The van der Waals surface area contributed by atoms with Gasteiger partial charge in [0.1, 0.15) is 0 Å². The van der Waals surface area contributed by atoms with Crippen LogP contribution in [0.5, 0.6) is 0 Å². The number of aromatic nitrogens is 1. The van der Waals surface area contributed by atoms with E-state index in [1.54, 1.807) is 0 Å². The van der Waals surface area contributed by atoms with Gasteiger partial charge in [0.2, 0.25) is 0 Å². The maximum atomic E-state index is 2.56. The minimum Gasteiger partial charge on any atom is -0.310 e. The van der Waals surface area contributed by atoms with E-state index in [1.165, 1.54) is 117 Å². The molecule has 0 amide bonds. The van der Waals surface area contributed by atoms with Crippen LogP contribution in [0.25, 0.3) is 72.0 Å². The van der Waals surface area contributed by atoms with Gasteiger partial charge in [-0.1, -0.05) is 198 Å². The molecule has 0 fully saturated rings. The number of fused-ring (bicyclic) bond motifs is 18. The monoisotopic (exact) mass is 880 g/mol. The highest BCUT2D eigenvalue weighted by Gasteiger charge is 2.51. The Labute approximate surface area is 403 Å². The van der Waals surface area contributed by atoms with Gasteiger partial charge in [-0.25, -0.2) is 0 Å². The van der Waals surface area contributed by atoms with Crippen molar-refractivity contribution in [2.45, 2.75) is 43.9 Å². The Bertz CT molecular complexity index is 3890. The average Bonchev–Trinajstić information content (AvgIpc) is 4.04. The van der Waals surface area contributed by atoms with Gasteiger partial charge in [-0.05, 0) is 132 Å². The van der Waals surface area contributed by atoms with Crippen LogP contribution in [0.2, 0.25) is 0 Å². The summed E-state index contributed by atoms with van der Waals surface area (Å²) in [6.45, 7) is 9.54. The van der Waals surface area contributed by atoms with Crippen LogP contribution in [0.15, 0.2) is 218 Å². The molecule has 10 aromatic carbocycles. The van der Waals surface area contributed by atoms with E-state index in [0.29, 0.717) is 0 Å². The molecule has 0 bridgehead atoms. The van der Waals surface area contributed by atoms with E-state index in [-0.39, 0.29) is 10.8 Å². The van der Waals surface area contributed by atoms with E-state index < -0.39 is 5.41 Å². The van der Waals surface area contributed by atoms with Crippen molar-refractivity contribution >= 4 is 38.9 Å². The predicted molar refractivity (Wildman–Crippen MR) is 287 cm³/mol. The third kappa shape index (κ3) is 4.86. The Morgan fingerprint density at radius 2 is 0.797 bits per heavy atom. The van der Waals surface area contributed by atoms with Crippen LogP contribution in [0.4, 0.5) is 17.1 Å². The molecule has 0 unspecified atom stereocenters. The Morgan fingerprint density at radius 1 is 0.333 bits per heavy atom. The summed E-state index contributed by atoms with van der Waals surface area (Å²) in [5.41, 5.74) is 27.4. The number of anilines is 3. The number of hydrogen-bond acceptors (Lipinski definition) is 1. The molecule has 1 aromatic heterocycles. The zero-order valence-corrected chi connectivity index (χ0v) is 39.2. The second-order valence-corrected chi connectivity index (χ2v) is 20.8. The van der Waals surface area contributed by atoms with Crippen molar-refractivity contribution in [3.05, 3.63) is 263 Å². The van der Waals surface area contributed by atoms with Gasteiger partial charge in [0, 0.05) is 38.5 Å². The molecular weight excluding hydrogens is 833 g/mol. The lowest BCUT2D eigenvalue weighted by Gasteiger charge is -2.40. The summed E-state index contributed by atoms with van der Waals surface area (Å²) in [6.07, 6.45) is 0. The average molecular weight is 881 g/mol. The number of para-hydroxylation sites is 3. The molecule has 0 radical (unpaired) electrons. The molecule has 0 N–H and O–H groups in total. The number of benzene rings is 10. The first-order valence-corrected chi connectivity index (χ1v) is 24.5. The molecule has 69 heavy (non-hydrogen) atoms. The molecule has 2 heterocycles. The maximum absolute atomic E-state index is 2.56. The molecule has 0 atom stereocenters. The maximum Gasteiger partial charge on any atom is 0.0754 e. The summed E-state index contributed by atoms with van der Waals surface area (Å²) in [5, 5.41) is 2.57. The third-order valence-corrected chi connectivity index (χ3v) is 16.8. The van der Waals surface area contributed by atoms with Crippen molar-refractivity contribution in [2.75, 3.05) is 4.90 Å². The zero-order chi connectivity index (χ0) is 46.0. The number of rotatable bonds is 4. The van der Waals surface area contributed by atoms with Gasteiger partial charge in [0.05, 0.1) is 27.8 Å². The van der Waals surface area contributed by atoms with Crippen LogP contribution in [0.1, 0.15) is 72.2 Å². The topological polar surface area (TPSA) is 8.17 Å². The molecular formula is C67H48N2. The van der Waals surface area contributed by atoms with Crippen molar-refractivity contribution in [1.29, 1.82) is 0 Å². The third-order valence-electron chi connectivity index (χ3n) is 16.8. The highest BCUT2D eigenvalue weighted by Crippen LogP contribution is 2.62. The first-order chi connectivity index (χ1) is 33.8. The Kier molecular flexibility index (Phi) is 7.60. The SMILES string of the molecule is CC1(C)c2ccccc2-c2ccc(N(c3ccc4c(c3)C(C)(C)c3ccccc3-4)c3ccccc3-c3ccc4c(c3)C3(c5ccccc5-c5ccccc53)c3cccc5c6ccccc6n-4c35)cc21. The molecule has 3 aliphatic carbocycles. The van der Waals surface area contributed by atoms with E-state index in [0.717, 1.165) is 17.1 Å². The van der Waals surface area contributed by atoms with Gasteiger partial charge >= 0.3 is 0 Å².